The topological polar surface area (TPSA) is 60.8 Å². The van der Waals surface area contributed by atoms with Crippen LogP contribution in [0.1, 0.15) is 30.0 Å². The lowest BCUT2D eigenvalue weighted by atomic mass is 9.74. The molecule has 0 aliphatic carbocycles. The number of alkyl halides is 1. The van der Waals surface area contributed by atoms with E-state index >= 15 is 4.39 Å². The van der Waals surface area contributed by atoms with E-state index in [0.717, 1.165) is 11.1 Å². The highest BCUT2D eigenvalue weighted by Crippen LogP contribution is 2.43. The molecular weight excluding hydrogens is 465 g/mol. The molecule has 3 aromatic rings. The van der Waals surface area contributed by atoms with Crippen LogP contribution in [0.4, 0.5) is 4.39 Å². The van der Waals surface area contributed by atoms with E-state index in [-0.39, 0.29) is 30.5 Å². The van der Waals surface area contributed by atoms with Crippen LogP contribution in [-0.2, 0) is 23.3 Å². The van der Waals surface area contributed by atoms with Gasteiger partial charge < -0.3 is 15.1 Å². The summed E-state index contributed by atoms with van der Waals surface area (Å²) in [4.78, 5) is 14.9. The minimum atomic E-state index is -1.56. The summed E-state index contributed by atoms with van der Waals surface area (Å²) in [5.41, 5.74) is -0.155. The number of phenolic OH excluding ortho intramolecular Hbond substituents is 1. The summed E-state index contributed by atoms with van der Waals surface area (Å²) in [6.45, 7) is 3.11. The van der Waals surface area contributed by atoms with Crippen LogP contribution in [0.15, 0.2) is 84.9 Å². The summed E-state index contributed by atoms with van der Waals surface area (Å²) in [6, 6.07) is 25.9. The van der Waals surface area contributed by atoms with Gasteiger partial charge in [0.2, 0.25) is 0 Å². The largest absolute Gasteiger partial charge is 0.508 e. The summed E-state index contributed by atoms with van der Waals surface area (Å²) in [7, 11) is 0. The molecule has 1 aliphatic rings. The molecule has 4 nitrogen and oxygen atoms in total. The van der Waals surface area contributed by atoms with E-state index in [9.17, 15) is 15.0 Å². The van der Waals surface area contributed by atoms with Gasteiger partial charge in [0.1, 0.15) is 11.4 Å². The Hall–Kier alpha value is -2.89. The maximum absolute atomic E-state index is 16.1. The molecule has 1 saturated heterocycles. The number of halogens is 2. The van der Waals surface area contributed by atoms with Crippen molar-refractivity contribution < 1.29 is 19.4 Å². The smallest absolute Gasteiger partial charge is 0.311 e. The predicted molar refractivity (Wildman–Crippen MR) is 139 cm³/mol. The number of aromatic hydroxyl groups is 1. The Morgan fingerprint density at radius 1 is 1.00 bits per heavy atom. The van der Waals surface area contributed by atoms with Crippen molar-refractivity contribution in [3.05, 3.63) is 102 Å². The van der Waals surface area contributed by atoms with Crippen LogP contribution in [0.5, 0.6) is 5.75 Å². The summed E-state index contributed by atoms with van der Waals surface area (Å²) in [5.74, 6) is -1.12. The monoisotopic (exact) mass is 497 g/mol. The van der Waals surface area contributed by atoms with Gasteiger partial charge in [-0.25, -0.2) is 4.39 Å². The van der Waals surface area contributed by atoms with Gasteiger partial charge in [-0.2, -0.15) is 0 Å². The molecule has 35 heavy (non-hydrogen) atoms. The van der Waals surface area contributed by atoms with Crippen LogP contribution < -0.4 is 0 Å². The zero-order valence-corrected chi connectivity index (χ0v) is 20.8. The van der Waals surface area contributed by atoms with Gasteiger partial charge in [0, 0.05) is 25.6 Å². The van der Waals surface area contributed by atoms with Crippen LogP contribution in [0.3, 0.4) is 0 Å². The Morgan fingerprint density at radius 2 is 1.57 bits per heavy atom. The average Bonchev–Trinajstić information content (AvgIpc) is 2.83. The van der Waals surface area contributed by atoms with Gasteiger partial charge in [0.25, 0.3) is 0 Å². The number of piperidine rings is 1. The highest BCUT2D eigenvalue weighted by Gasteiger charge is 2.46. The molecule has 0 radical (unpaired) electrons. The molecule has 4 rings (SSSR count). The molecule has 0 aromatic heterocycles. The molecule has 1 fully saturated rings. The van der Waals surface area contributed by atoms with E-state index in [1.54, 1.807) is 18.2 Å². The second-order valence-electron chi connectivity index (χ2n) is 9.71. The number of carboxylic acids is 1. The molecule has 2 atom stereocenters. The third-order valence-electron chi connectivity index (χ3n) is 7.18. The van der Waals surface area contributed by atoms with Crippen molar-refractivity contribution in [1.29, 1.82) is 0 Å². The number of aliphatic carboxylic acids is 1. The maximum Gasteiger partial charge on any atom is 0.311 e. The fraction of sp³-hybridized carbons (Fsp3) is 0.345. The van der Waals surface area contributed by atoms with Gasteiger partial charge in [-0.1, -0.05) is 79.7 Å². The third-order valence-corrected chi connectivity index (χ3v) is 7.18. The van der Waals surface area contributed by atoms with Crippen molar-refractivity contribution in [2.24, 2.45) is 11.3 Å². The lowest BCUT2D eigenvalue weighted by Crippen LogP contribution is -2.53. The van der Waals surface area contributed by atoms with Crippen LogP contribution in [0.2, 0.25) is 0 Å². The van der Waals surface area contributed by atoms with E-state index in [1.165, 1.54) is 6.07 Å². The van der Waals surface area contributed by atoms with Crippen molar-refractivity contribution >= 4 is 18.4 Å². The number of phenols is 1. The lowest BCUT2D eigenvalue weighted by Gasteiger charge is -2.44. The molecular formula is C29H33ClFNO3. The number of likely N-dealkylation sites (tertiary alicyclic amines) is 1. The number of hydrogen-bond donors (Lipinski definition) is 2. The standard InChI is InChI=1S/C29H32FNO3.ClH/c1-22-20-31(16-15-29(22,30)25-13-8-14-26(32)17-25)21-28(27(33)34,18-23-9-4-2-5-10-23)19-24-11-6-3-7-12-24;/h2-14,17,22,32H,15-16,18-21H2,1H3,(H,33,34);1H. The van der Waals surface area contributed by atoms with Crippen molar-refractivity contribution in [2.45, 2.75) is 31.9 Å². The van der Waals surface area contributed by atoms with Gasteiger partial charge in [-0.05, 0) is 48.1 Å². The molecule has 2 unspecified atom stereocenters. The molecule has 1 heterocycles. The number of carbonyl (C=O) groups is 1. The summed E-state index contributed by atoms with van der Waals surface area (Å²) in [5, 5.41) is 20.4. The number of nitrogens with zero attached hydrogens (tertiary/aromatic N) is 1. The molecule has 1 aliphatic heterocycles. The Bertz CT molecular complexity index is 1070. The van der Waals surface area contributed by atoms with Crippen molar-refractivity contribution in [2.75, 3.05) is 19.6 Å². The Kier molecular flexibility index (Phi) is 8.57. The van der Waals surface area contributed by atoms with Crippen LogP contribution >= 0.6 is 12.4 Å². The molecule has 2 N–H and O–H groups in total. The van der Waals surface area contributed by atoms with Gasteiger partial charge >= 0.3 is 5.97 Å². The fourth-order valence-electron chi connectivity index (χ4n) is 5.32. The highest BCUT2D eigenvalue weighted by molar-refractivity contribution is 5.85. The maximum atomic E-state index is 16.1. The average molecular weight is 498 g/mol. The number of rotatable bonds is 8. The first-order chi connectivity index (χ1) is 16.3. The van der Waals surface area contributed by atoms with E-state index in [0.29, 0.717) is 38.0 Å². The summed E-state index contributed by atoms with van der Waals surface area (Å²) < 4.78 is 16.1. The zero-order chi connectivity index (χ0) is 24.2. The van der Waals surface area contributed by atoms with Gasteiger partial charge in [0.05, 0.1) is 5.41 Å². The number of hydrogen-bond acceptors (Lipinski definition) is 3. The summed E-state index contributed by atoms with van der Waals surface area (Å²) >= 11 is 0. The predicted octanol–water partition coefficient (Wildman–Crippen LogP) is 5.88. The quantitative estimate of drug-likeness (QED) is 0.408. The third kappa shape index (κ3) is 6.03. The van der Waals surface area contributed by atoms with E-state index in [4.69, 9.17) is 0 Å². The first-order valence-corrected chi connectivity index (χ1v) is 11.8. The SMILES string of the molecule is CC1CN(CC(Cc2ccccc2)(Cc2ccccc2)C(=O)O)CCC1(F)c1cccc(O)c1.Cl. The normalized spacial score (nSPS) is 20.7. The molecule has 186 valence electrons. The van der Waals surface area contributed by atoms with Crippen LogP contribution in [-0.4, -0.2) is 40.7 Å². The van der Waals surface area contributed by atoms with Gasteiger partial charge in [-0.3, -0.25) is 4.79 Å². The van der Waals surface area contributed by atoms with E-state index < -0.39 is 17.1 Å². The Labute approximate surface area is 212 Å². The number of carboxylic acid groups (broad SMARTS) is 1. The molecule has 0 saturated carbocycles. The van der Waals surface area contributed by atoms with Crippen molar-refractivity contribution in [3.8, 4) is 5.75 Å². The molecule has 0 amide bonds. The molecule has 3 aromatic carbocycles. The minimum absolute atomic E-state index is 0. The lowest BCUT2D eigenvalue weighted by molar-refractivity contribution is -0.151. The molecule has 0 bridgehead atoms. The Morgan fingerprint density at radius 3 is 2.06 bits per heavy atom. The van der Waals surface area contributed by atoms with E-state index in [2.05, 4.69) is 4.90 Å². The summed E-state index contributed by atoms with van der Waals surface area (Å²) in [6.07, 6.45) is 1.05. The van der Waals surface area contributed by atoms with Crippen molar-refractivity contribution in [1.82, 2.24) is 4.90 Å². The molecule has 0 spiro atoms. The fourth-order valence-corrected chi connectivity index (χ4v) is 5.32. The Balaban J connectivity index is 0.00000342. The first-order valence-electron chi connectivity index (χ1n) is 11.8. The second-order valence-corrected chi connectivity index (χ2v) is 9.71. The highest BCUT2D eigenvalue weighted by atomic mass is 35.5. The minimum Gasteiger partial charge on any atom is -0.508 e. The van der Waals surface area contributed by atoms with Gasteiger partial charge in [0.15, 0.2) is 0 Å². The zero-order valence-electron chi connectivity index (χ0n) is 19.9. The van der Waals surface area contributed by atoms with Crippen LogP contribution in [0.25, 0.3) is 0 Å². The van der Waals surface area contributed by atoms with Gasteiger partial charge in [-0.15, -0.1) is 12.4 Å². The van der Waals surface area contributed by atoms with Crippen LogP contribution in [0, 0.1) is 11.3 Å². The van der Waals surface area contributed by atoms with E-state index in [1.807, 2.05) is 67.6 Å². The molecule has 6 heteroatoms. The number of benzene rings is 3. The second kappa shape index (κ2) is 11.2. The van der Waals surface area contributed by atoms with Crippen molar-refractivity contribution in [3.63, 3.8) is 0 Å². The first kappa shape index (κ1) is 26.7.